The molecular weight excluding hydrogens is 915 g/mol. The third-order valence-corrected chi connectivity index (χ3v) is 11.5. The van der Waals surface area contributed by atoms with E-state index in [2.05, 4.69) is 20.6 Å². The summed E-state index contributed by atoms with van der Waals surface area (Å²) in [6.45, 7) is 1.35. The number of carbonyl (C=O) groups excluding carboxylic acids is 2. The van der Waals surface area contributed by atoms with E-state index in [-0.39, 0.29) is 87.4 Å². The molecule has 14 N–H and O–H groups in total. The highest BCUT2D eigenvalue weighted by molar-refractivity contribution is 6.08. The quantitative estimate of drug-likeness (QED) is 0.0708. The molecule has 0 spiro atoms. The molecule has 4 atom stereocenters. The van der Waals surface area contributed by atoms with E-state index in [0.29, 0.717) is 38.1 Å². The molecule has 0 aliphatic carbocycles. The Morgan fingerprint density at radius 3 is 1.07 bits per heavy atom. The van der Waals surface area contributed by atoms with Gasteiger partial charge in [0.15, 0.2) is 23.8 Å². The summed E-state index contributed by atoms with van der Waals surface area (Å²) < 4.78 is 112. The zero-order chi connectivity index (χ0) is 49.2. The highest BCUT2D eigenvalue weighted by Crippen LogP contribution is 2.45. The molecule has 5 heterocycles. The van der Waals surface area contributed by atoms with Crippen molar-refractivity contribution in [2.45, 2.75) is 62.5 Å². The van der Waals surface area contributed by atoms with Crippen LogP contribution in [0, 0.1) is 21.6 Å². The molecule has 4 fully saturated rings. The summed E-state index contributed by atoms with van der Waals surface area (Å²) in [4.78, 5) is 41.2. The highest BCUT2D eigenvalue weighted by Gasteiger charge is 2.40. The van der Waals surface area contributed by atoms with Gasteiger partial charge in [-0.1, -0.05) is 0 Å². The van der Waals surface area contributed by atoms with Crippen molar-refractivity contribution in [1.29, 1.82) is 21.6 Å². The van der Waals surface area contributed by atoms with Crippen LogP contribution < -0.4 is 52.5 Å². The number of nitrogens with zero attached hydrogens (tertiary/aromatic N) is 6. The number of hydrogen-bond acceptors (Lipinski definition) is 12. The second-order valence-corrected chi connectivity index (χ2v) is 16.3. The van der Waals surface area contributed by atoms with Crippen LogP contribution >= 0.6 is 0 Å². The average Bonchev–Trinajstić information content (AvgIpc) is 4.10. The van der Waals surface area contributed by atoms with Gasteiger partial charge in [0.25, 0.3) is 11.8 Å². The van der Waals surface area contributed by atoms with Crippen LogP contribution in [-0.2, 0) is 12.4 Å². The van der Waals surface area contributed by atoms with Gasteiger partial charge in [-0.05, 0) is 12.1 Å². The molecule has 1 aromatic heterocycles. The molecule has 4 aliphatic heterocycles. The molecule has 0 saturated carbocycles. The number of ether oxygens (including phenoxy) is 4. The molecule has 2 aromatic carbocycles. The molecule has 22 nitrogen and oxygen atoms in total. The number of carbonyl (C=O) groups is 2. The van der Waals surface area contributed by atoms with Gasteiger partial charge in [-0.15, -0.1) is 0 Å². The van der Waals surface area contributed by atoms with E-state index in [0.717, 1.165) is 24.5 Å². The van der Waals surface area contributed by atoms with E-state index in [4.69, 9.17) is 63.5 Å². The minimum atomic E-state index is -5.03. The Bertz CT molecular complexity index is 2320. The van der Waals surface area contributed by atoms with Crippen LogP contribution in [0.5, 0.6) is 23.0 Å². The Labute approximate surface area is 383 Å². The predicted octanol–water partition coefficient (Wildman–Crippen LogP) is 2.41. The Balaban J connectivity index is 1.17. The van der Waals surface area contributed by atoms with Gasteiger partial charge >= 0.3 is 12.4 Å². The van der Waals surface area contributed by atoms with Crippen LogP contribution in [0.25, 0.3) is 0 Å². The van der Waals surface area contributed by atoms with E-state index in [9.17, 15) is 35.9 Å². The normalized spacial score (nSPS) is 20.6. The van der Waals surface area contributed by atoms with Gasteiger partial charge in [-0.25, -0.2) is 9.97 Å². The molecule has 28 heteroatoms. The summed E-state index contributed by atoms with van der Waals surface area (Å²) in [6, 6.07) is 4.00. The number of rotatable bonds is 12. The molecule has 0 bridgehead atoms. The fourth-order valence-corrected chi connectivity index (χ4v) is 8.02. The van der Waals surface area contributed by atoms with Gasteiger partial charge < -0.3 is 72.1 Å². The number of benzene rings is 2. The number of alkyl halides is 6. The number of amides is 2. The molecule has 2 amide bonds. The first-order valence-corrected chi connectivity index (χ1v) is 21.0. The Morgan fingerprint density at radius 2 is 0.809 bits per heavy atom. The fourth-order valence-electron chi connectivity index (χ4n) is 8.02. The standard InChI is InChI=1S/C40H48F6N16O6/c41-39(42,43)23-9-25(31(67-21-3-7-61(16-21)37(51)52)12-29(23)65-19-1-5-59(14-19)35(47)48)57-33(63)27-11-28(56-18-55-27)34(64)58-26-10-24(40(44,45)46)30(66-20-2-6-60(15-20)36(49)50)13-32(26)68-22-4-8-62(17-22)38(53)54/h9-13,18-22H,1-8,14-17H2,(H3,47,48)(H3,49,50)(H3,51,52)(H3,53,54)(H,57,63)(H,58,64)/t19-,20-,21-,22-/m1/s1. The summed E-state index contributed by atoms with van der Waals surface area (Å²) in [5.74, 6) is -5.16. The molecule has 3 aromatic rings. The van der Waals surface area contributed by atoms with Crippen LogP contribution in [0.2, 0.25) is 0 Å². The number of aromatic nitrogens is 2. The molecule has 68 heavy (non-hydrogen) atoms. The Morgan fingerprint density at radius 1 is 0.515 bits per heavy atom. The first kappa shape index (κ1) is 48.3. The number of guanidine groups is 4. The predicted molar refractivity (Wildman–Crippen MR) is 231 cm³/mol. The van der Waals surface area contributed by atoms with Crippen LogP contribution in [0.3, 0.4) is 0 Å². The zero-order valence-corrected chi connectivity index (χ0v) is 36.0. The lowest BCUT2D eigenvalue weighted by molar-refractivity contribution is -0.140. The lowest BCUT2D eigenvalue weighted by Crippen LogP contribution is -2.36. The molecule has 4 saturated heterocycles. The summed E-state index contributed by atoms with van der Waals surface area (Å²) in [5.41, 5.74) is 17.8. The monoisotopic (exact) mass is 962 g/mol. The number of nitrogens with one attached hydrogen (secondary N) is 6. The summed E-state index contributed by atoms with van der Waals surface area (Å²) >= 11 is 0. The molecule has 4 aliphatic rings. The number of halogens is 6. The van der Waals surface area contributed by atoms with Gasteiger partial charge in [-0.3, -0.25) is 31.2 Å². The van der Waals surface area contributed by atoms with Gasteiger partial charge in [0.05, 0.1) is 48.7 Å². The zero-order valence-electron chi connectivity index (χ0n) is 36.0. The second-order valence-electron chi connectivity index (χ2n) is 16.3. The Kier molecular flexibility index (Phi) is 13.7. The van der Waals surface area contributed by atoms with Crippen molar-refractivity contribution in [3.8, 4) is 23.0 Å². The lowest BCUT2D eigenvalue weighted by Gasteiger charge is -2.24. The van der Waals surface area contributed by atoms with Crippen LogP contribution in [0.15, 0.2) is 36.7 Å². The van der Waals surface area contributed by atoms with Crippen molar-refractivity contribution in [3.63, 3.8) is 0 Å². The minimum Gasteiger partial charge on any atom is -0.488 e. The topological polar surface area (TPSA) is 333 Å². The molecule has 7 rings (SSSR count). The molecular formula is C40H48F6N16O6. The lowest BCUT2D eigenvalue weighted by atomic mass is 10.1. The first-order chi connectivity index (χ1) is 32.0. The van der Waals surface area contributed by atoms with Crippen LogP contribution in [-0.4, -0.2) is 142 Å². The summed E-state index contributed by atoms with van der Waals surface area (Å²) in [6.07, 6.45) is -11.2. The van der Waals surface area contributed by atoms with Crippen molar-refractivity contribution < 1.29 is 54.9 Å². The Hall–Kier alpha value is -7.68. The van der Waals surface area contributed by atoms with Crippen LogP contribution in [0.4, 0.5) is 37.7 Å². The fraction of sp³-hybridized carbons (Fsp3) is 0.450. The number of likely N-dealkylation sites (tertiary alicyclic amines) is 4. The minimum absolute atomic E-state index is 0.0294. The highest BCUT2D eigenvalue weighted by atomic mass is 19.4. The smallest absolute Gasteiger partial charge is 0.420 e. The second kappa shape index (κ2) is 19.3. The largest absolute Gasteiger partial charge is 0.488 e. The molecule has 366 valence electrons. The number of nitrogens with two attached hydrogens (primary N) is 4. The van der Waals surface area contributed by atoms with E-state index in [1.165, 1.54) is 19.6 Å². The van der Waals surface area contributed by atoms with Gasteiger partial charge in [-0.2, -0.15) is 26.3 Å². The maximum atomic E-state index is 14.7. The maximum Gasteiger partial charge on any atom is 0.420 e. The van der Waals surface area contributed by atoms with E-state index in [1.54, 1.807) is 0 Å². The average molecular weight is 963 g/mol. The maximum absolute atomic E-state index is 14.7. The molecule has 0 radical (unpaired) electrons. The third kappa shape index (κ3) is 11.3. The van der Waals surface area contributed by atoms with Crippen molar-refractivity contribution in [1.82, 2.24) is 29.6 Å². The van der Waals surface area contributed by atoms with Crippen molar-refractivity contribution in [2.75, 3.05) is 63.0 Å². The van der Waals surface area contributed by atoms with E-state index >= 15 is 0 Å². The van der Waals surface area contributed by atoms with Gasteiger partial charge in [0.2, 0.25) is 0 Å². The van der Waals surface area contributed by atoms with Gasteiger partial charge in [0.1, 0.15) is 65.1 Å². The number of anilines is 2. The van der Waals surface area contributed by atoms with Crippen molar-refractivity contribution >= 4 is 47.0 Å². The SMILES string of the molecule is N=C(N)N1CC[C@@H](Oc2cc(O[C@@H]3CCN(C(=N)N)C3)c(C(F)(F)F)cc2NC(=O)c2cc(C(=O)Nc3cc(C(F)(F)F)c(O[C@@H]4CCN(C(=N)N)C4)cc3O[C@@H]3CCN(C(=N)N)C3)ncn2)C1. The van der Waals surface area contributed by atoms with Crippen LogP contribution in [0.1, 0.15) is 57.8 Å². The third-order valence-electron chi connectivity index (χ3n) is 11.5. The van der Waals surface area contributed by atoms with Gasteiger partial charge in [0, 0.05) is 70.1 Å². The molecule has 0 unspecified atom stereocenters. The number of hydrogen-bond donors (Lipinski definition) is 10. The van der Waals surface area contributed by atoms with Crippen molar-refractivity contribution in [3.05, 3.63) is 59.2 Å². The summed E-state index contributed by atoms with van der Waals surface area (Å²) in [5, 5.41) is 35.6. The van der Waals surface area contributed by atoms with Crippen molar-refractivity contribution in [2.24, 2.45) is 22.9 Å². The van der Waals surface area contributed by atoms with E-state index in [1.807, 2.05) is 0 Å². The first-order valence-electron chi connectivity index (χ1n) is 21.0. The van der Waals surface area contributed by atoms with E-state index < -0.39 is 94.0 Å². The summed E-state index contributed by atoms with van der Waals surface area (Å²) in [7, 11) is 0.